The van der Waals surface area contributed by atoms with Gasteiger partial charge in [-0.3, -0.25) is 0 Å². The molecule has 136 valence electrons. The van der Waals surface area contributed by atoms with Gasteiger partial charge in [-0.15, -0.1) is 0 Å². The second kappa shape index (κ2) is 17.5. The number of aliphatic carboxylic acids is 1. The highest BCUT2D eigenvalue weighted by atomic mass is 17.1. The van der Waals surface area contributed by atoms with E-state index in [1.807, 2.05) is 6.08 Å². The van der Waals surface area contributed by atoms with Crippen molar-refractivity contribution >= 4 is 5.97 Å². The molecule has 0 rings (SSSR count). The van der Waals surface area contributed by atoms with E-state index in [-0.39, 0.29) is 5.76 Å². The lowest BCUT2D eigenvalue weighted by Crippen LogP contribution is -1.85. The minimum atomic E-state index is -1.05. The number of carbonyl (C=O) groups is 1. The van der Waals surface area contributed by atoms with Gasteiger partial charge in [0.1, 0.15) is 0 Å². The summed E-state index contributed by atoms with van der Waals surface area (Å²) >= 11 is 0. The first-order valence-corrected chi connectivity index (χ1v) is 8.96. The predicted octanol–water partition coefficient (Wildman–Crippen LogP) is 6.03. The van der Waals surface area contributed by atoms with Crippen LogP contribution in [0.4, 0.5) is 0 Å². The van der Waals surface area contributed by atoms with E-state index in [9.17, 15) is 4.79 Å². The molecule has 0 saturated carbocycles. The Bertz CT molecular complexity index is 419. The Morgan fingerprint density at radius 1 is 0.875 bits per heavy atom. The van der Waals surface area contributed by atoms with E-state index >= 15 is 0 Å². The molecule has 0 bridgehead atoms. The summed E-state index contributed by atoms with van der Waals surface area (Å²) in [5.74, 6) is -0.867. The molecule has 24 heavy (non-hydrogen) atoms. The minimum Gasteiger partial charge on any atom is -0.478 e. The average Bonchev–Trinajstić information content (AvgIpc) is 2.57. The van der Waals surface area contributed by atoms with Gasteiger partial charge >= 0.3 is 5.97 Å². The Morgan fingerprint density at radius 3 is 2.08 bits per heavy atom. The summed E-state index contributed by atoms with van der Waals surface area (Å²) in [6, 6.07) is 0. The Labute approximate surface area is 146 Å². The van der Waals surface area contributed by atoms with Crippen molar-refractivity contribution < 1.29 is 20.0 Å². The zero-order valence-corrected chi connectivity index (χ0v) is 14.8. The smallest absolute Gasteiger partial charge is 0.328 e. The summed E-state index contributed by atoms with van der Waals surface area (Å²) in [7, 11) is 0. The standard InChI is InChI=1S/C20H32O4/c1-2-3-4-5-6-7-8-9-10-11-12-13-14-16-19(24-23)17-15-18-20(21)22/h12-18,23H,2-11H2,1H3,(H,21,22)/b13-12+,16-14+,18-15+,19-17-. The van der Waals surface area contributed by atoms with Gasteiger partial charge < -0.3 is 9.99 Å². The van der Waals surface area contributed by atoms with Crippen LogP contribution in [0.15, 0.2) is 48.3 Å². The molecule has 0 heterocycles. The highest BCUT2D eigenvalue weighted by Crippen LogP contribution is 2.10. The van der Waals surface area contributed by atoms with Crippen molar-refractivity contribution in [2.45, 2.75) is 71.1 Å². The Hall–Kier alpha value is -1.81. The second-order valence-corrected chi connectivity index (χ2v) is 5.76. The van der Waals surface area contributed by atoms with Crippen molar-refractivity contribution in [3.63, 3.8) is 0 Å². The summed E-state index contributed by atoms with van der Waals surface area (Å²) in [5.41, 5.74) is 0. The van der Waals surface area contributed by atoms with Crippen LogP contribution in [-0.4, -0.2) is 16.3 Å². The van der Waals surface area contributed by atoms with Gasteiger partial charge in [-0.25, -0.2) is 10.1 Å². The maximum absolute atomic E-state index is 10.3. The van der Waals surface area contributed by atoms with Crippen LogP contribution in [0, 0.1) is 0 Å². The molecule has 0 saturated heterocycles. The summed E-state index contributed by atoms with van der Waals surface area (Å²) in [4.78, 5) is 14.4. The van der Waals surface area contributed by atoms with E-state index in [0.717, 1.165) is 12.5 Å². The van der Waals surface area contributed by atoms with Crippen molar-refractivity contribution in [2.75, 3.05) is 0 Å². The van der Waals surface area contributed by atoms with E-state index in [0.29, 0.717) is 0 Å². The van der Waals surface area contributed by atoms with Crippen LogP contribution in [0.25, 0.3) is 0 Å². The number of hydrogen-bond acceptors (Lipinski definition) is 3. The molecule has 0 amide bonds. The lowest BCUT2D eigenvalue weighted by molar-refractivity contribution is -0.198. The SMILES string of the molecule is CCCCCCCCCCC/C=C/C=C/C(=C/C=C/C(=O)O)OO. The Kier molecular flexibility index (Phi) is 16.2. The molecule has 0 aliphatic rings. The molecule has 0 aromatic carbocycles. The third-order valence-corrected chi connectivity index (χ3v) is 3.59. The number of hydrogen-bond donors (Lipinski definition) is 2. The van der Waals surface area contributed by atoms with Crippen molar-refractivity contribution in [3.8, 4) is 0 Å². The first kappa shape index (κ1) is 22.2. The fourth-order valence-corrected chi connectivity index (χ4v) is 2.24. The lowest BCUT2D eigenvalue weighted by atomic mass is 10.1. The summed E-state index contributed by atoms with van der Waals surface area (Å²) < 4.78 is 0. The second-order valence-electron chi connectivity index (χ2n) is 5.76. The maximum Gasteiger partial charge on any atom is 0.328 e. The zero-order chi connectivity index (χ0) is 17.9. The average molecular weight is 336 g/mol. The van der Waals surface area contributed by atoms with Crippen LogP contribution in [0.3, 0.4) is 0 Å². The fraction of sp³-hybridized carbons (Fsp3) is 0.550. The van der Waals surface area contributed by atoms with Crippen LogP contribution in [0.5, 0.6) is 0 Å². The number of rotatable bonds is 15. The normalized spacial score (nSPS) is 12.7. The molecule has 0 radical (unpaired) electrons. The molecule has 0 atom stereocenters. The molecule has 4 heteroatoms. The molecule has 2 N–H and O–H groups in total. The van der Waals surface area contributed by atoms with Gasteiger partial charge in [-0.2, -0.15) is 0 Å². The molecule has 0 aromatic heterocycles. The van der Waals surface area contributed by atoms with Gasteiger partial charge in [-0.1, -0.05) is 82.6 Å². The summed E-state index contributed by atoms with van der Waals surface area (Å²) in [6.45, 7) is 2.24. The molecule has 0 aliphatic heterocycles. The third kappa shape index (κ3) is 16.6. The first-order chi connectivity index (χ1) is 11.7. The van der Waals surface area contributed by atoms with Gasteiger partial charge in [0.15, 0.2) is 5.76 Å². The van der Waals surface area contributed by atoms with Crippen molar-refractivity contribution in [1.29, 1.82) is 0 Å². The van der Waals surface area contributed by atoms with Crippen LogP contribution in [0.1, 0.15) is 71.1 Å². The summed E-state index contributed by atoms with van der Waals surface area (Å²) in [5, 5.41) is 17.1. The topological polar surface area (TPSA) is 66.8 Å². The maximum atomic E-state index is 10.3. The van der Waals surface area contributed by atoms with Gasteiger partial charge in [-0.05, 0) is 25.0 Å². The highest BCUT2D eigenvalue weighted by Gasteiger charge is 1.91. The molecule has 0 fully saturated rings. The third-order valence-electron chi connectivity index (χ3n) is 3.59. The predicted molar refractivity (Wildman–Crippen MR) is 98.7 cm³/mol. The van der Waals surface area contributed by atoms with E-state index in [2.05, 4.69) is 17.9 Å². The minimum absolute atomic E-state index is 0.181. The highest BCUT2D eigenvalue weighted by molar-refractivity contribution is 5.80. The molecule has 4 nitrogen and oxygen atoms in total. The van der Waals surface area contributed by atoms with Crippen LogP contribution < -0.4 is 0 Å². The molecular formula is C20H32O4. The number of unbranched alkanes of at least 4 members (excludes halogenated alkanes) is 9. The van der Waals surface area contributed by atoms with Gasteiger partial charge in [0.05, 0.1) is 0 Å². The number of carboxylic acid groups (broad SMARTS) is 1. The van der Waals surface area contributed by atoms with Crippen molar-refractivity contribution in [1.82, 2.24) is 0 Å². The van der Waals surface area contributed by atoms with Crippen molar-refractivity contribution in [2.24, 2.45) is 0 Å². The zero-order valence-electron chi connectivity index (χ0n) is 14.8. The van der Waals surface area contributed by atoms with Gasteiger partial charge in [0, 0.05) is 6.08 Å². The monoisotopic (exact) mass is 336 g/mol. The lowest BCUT2D eigenvalue weighted by Gasteiger charge is -2.00. The summed E-state index contributed by atoms with van der Waals surface area (Å²) in [6.07, 6.45) is 23.9. The van der Waals surface area contributed by atoms with Crippen LogP contribution >= 0.6 is 0 Å². The van der Waals surface area contributed by atoms with E-state index < -0.39 is 5.97 Å². The largest absolute Gasteiger partial charge is 0.478 e. The Morgan fingerprint density at radius 2 is 1.50 bits per heavy atom. The molecule has 0 aromatic rings. The molecular weight excluding hydrogens is 304 g/mol. The molecule has 0 aliphatic carbocycles. The Balaban J connectivity index is 3.67. The van der Waals surface area contributed by atoms with Crippen LogP contribution in [0.2, 0.25) is 0 Å². The molecule has 0 unspecified atom stereocenters. The van der Waals surface area contributed by atoms with Gasteiger partial charge in [0.25, 0.3) is 0 Å². The van der Waals surface area contributed by atoms with E-state index in [4.69, 9.17) is 10.4 Å². The quantitative estimate of drug-likeness (QED) is 0.0956. The number of carboxylic acids is 1. The van der Waals surface area contributed by atoms with Crippen LogP contribution in [-0.2, 0) is 9.68 Å². The van der Waals surface area contributed by atoms with E-state index in [1.54, 1.807) is 12.2 Å². The molecule has 0 spiro atoms. The fourth-order valence-electron chi connectivity index (χ4n) is 2.24. The van der Waals surface area contributed by atoms with E-state index in [1.165, 1.54) is 69.9 Å². The van der Waals surface area contributed by atoms with Crippen molar-refractivity contribution in [3.05, 3.63) is 48.3 Å². The van der Waals surface area contributed by atoms with Gasteiger partial charge in [0.2, 0.25) is 0 Å². The number of allylic oxidation sites excluding steroid dienone is 6. The first-order valence-electron chi connectivity index (χ1n) is 8.96.